The van der Waals surface area contributed by atoms with Crippen LogP contribution in [0.1, 0.15) is 26.0 Å². The first kappa shape index (κ1) is 14.6. The van der Waals surface area contributed by atoms with Crippen LogP contribution in [0.15, 0.2) is 22.8 Å². The maximum absolute atomic E-state index is 9.98. The number of ether oxygens (including phenoxy) is 1. The summed E-state index contributed by atoms with van der Waals surface area (Å²) in [5.41, 5.74) is 0. The highest BCUT2D eigenvalue weighted by molar-refractivity contribution is 4.96. The summed E-state index contributed by atoms with van der Waals surface area (Å²) in [5.74, 6) is 2.31. The summed E-state index contributed by atoms with van der Waals surface area (Å²) in [4.78, 5) is 2.34. The van der Waals surface area contributed by atoms with Gasteiger partial charge in [0.05, 0.1) is 19.0 Å². The Morgan fingerprint density at radius 1 is 1.47 bits per heavy atom. The molecule has 0 aromatic carbocycles. The van der Waals surface area contributed by atoms with Gasteiger partial charge in [-0.15, -0.1) is 0 Å². The van der Waals surface area contributed by atoms with E-state index in [-0.39, 0.29) is 0 Å². The number of aliphatic hydroxyl groups excluding tert-OH is 1. The molecule has 3 atom stereocenters. The van der Waals surface area contributed by atoms with Crippen LogP contribution in [-0.2, 0) is 11.3 Å². The zero-order valence-corrected chi connectivity index (χ0v) is 11.9. The molecule has 0 radical (unpaired) electrons. The summed E-state index contributed by atoms with van der Waals surface area (Å²) in [6.45, 7) is 8.26. The molecule has 1 aromatic rings. The lowest BCUT2D eigenvalue weighted by Gasteiger charge is -2.36. The van der Waals surface area contributed by atoms with Crippen molar-refractivity contribution in [1.82, 2.24) is 4.90 Å². The molecule has 0 spiro atoms. The summed E-state index contributed by atoms with van der Waals surface area (Å²) in [6.07, 6.45) is 2.43. The minimum Gasteiger partial charge on any atom is -0.467 e. The fourth-order valence-electron chi connectivity index (χ4n) is 2.56. The second-order valence-corrected chi connectivity index (χ2v) is 5.75. The number of aliphatic hydroxyl groups is 1. The summed E-state index contributed by atoms with van der Waals surface area (Å²) >= 11 is 0. The topological polar surface area (TPSA) is 45.8 Å². The molecule has 4 nitrogen and oxygen atoms in total. The van der Waals surface area contributed by atoms with E-state index >= 15 is 0 Å². The van der Waals surface area contributed by atoms with Crippen molar-refractivity contribution in [2.24, 2.45) is 11.8 Å². The standard InChI is InChI=1S/C15H25NO3/c1-12-5-6-16(8-13(12)2)9-14(17)10-18-11-15-4-3-7-19-15/h3-4,7,12-14,17H,5-6,8-11H2,1-2H3. The smallest absolute Gasteiger partial charge is 0.129 e. The molecule has 1 saturated heterocycles. The van der Waals surface area contributed by atoms with Gasteiger partial charge in [0.15, 0.2) is 0 Å². The van der Waals surface area contributed by atoms with Crippen LogP contribution in [0, 0.1) is 11.8 Å². The Morgan fingerprint density at radius 2 is 2.32 bits per heavy atom. The van der Waals surface area contributed by atoms with Crippen molar-refractivity contribution in [3.8, 4) is 0 Å². The van der Waals surface area contributed by atoms with E-state index in [0.29, 0.717) is 25.7 Å². The first-order valence-electron chi connectivity index (χ1n) is 7.15. The Morgan fingerprint density at radius 3 is 3.00 bits per heavy atom. The number of furan rings is 1. The van der Waals surface area contributed by atoms with E-state index in [1.807, 2.05) is 12.1 Å². The predicted molar refractivity (Wildman–Crippen MR) is 73.8 cm³/mol. The Bertz CT molecular complexity index is 352. The molecule has 4 heteroatoms. The molecule has 108 valence electrons. The van der Waals surface area contributed by atoms with Gasteiger partial charge in [0.25, 0.3) is 0 Å². The van der Waals surface area contributed by atoms with Crippen LogP contribution < -0.4 is 0 Å². The van der Waals surface area contributed by atoms with E-state index in [9.17, 15) is 5.11 Å². The highest BCUT2D eigenvalue weighted by Gasteiger charge is 2.23. The maximum Gasteiger partial charge on any atom is 0.129 e. The second kappa shape index (κ2) is 7.08. The molecular weight excluding hydrogens is 242 g/mol. The fraction of sp³-hybridized carbons (Fsp3) is 0.733. The number of hydrogen-bond acceptors (Lipinski definition) is 4. The van der Waals surface area contributed by atoms with Gasteiger partial charge in [0, 0.05) is 13.1 Å². The molecule has 1 N–H and O–H groups in total. The number of hydrogen-bond donors (Lipinski definition) is 1. The third kappa shape index (κ3) is 4.64. The SMILES string of the molecule is CC1CCN(CC(O)COCc2ccco2)CC1C. The second-order valence-electron chi connectivity index (χ2n) is 5.75. The Labute approximate surface area is 115 Å². The van der Waals surface area contributed by atoms with Crippen molar-refractivity contribution in [1.29, 1.82) is 0 Å². The first-order valence-corrected chi connectivity index (χ1v) is 7.15. The van der Waals surface area contributed by atoms with Crippen LogP contribution in [0.2, 0.25) is 0 Å². The fourth-order valence-corrected chi connectivity index (χ4v) is 2.56. The quantitative estimate of drug-likeness (QED) is 0.857. The van der Waals surface area contributed by atoms with Crippen LogP contribution in [0.25, 0.3) is 0 Å². The summed E-state index contributed by atoms with van der Waals surface area (Å²) in [5, 5.41) is 9.98. The van der Waals surface area contributed by atoms with Crippen LogP contribution >= 0.6 is 0 Å². The highest BCUT2D eigenvalue weighted by atomic mass is 16.5. The third-order valence-electron chi connectivity index (χ3n) is 4.02. The van der Waals surface area contributed by atoms with E-state index in [2.05, 4.69) is 18.7 Å². The molecule has 0 bridgehead atoms. The number of piperidine rings is 1. The van der Waals surface area contributed by atoms with E-state index in [1.165, 1.54) is 6.42 Å². The van der Waals surface area contributed by atoms with Crippen molar-refractivity contribution in [3.05, 3.63) is 24.2 Å². The third-order valence-corrected chi connectivity index (χ3v) is 4.02. The lowest BCUT2D eigenvalue weighted by atomic mass is 9.88. The molecule has 0 aliphatic carbocycles. The first-order chi connectivity index (χ1) is 9.15. The highest BCUT2D eigenvalue weighted by Crippen LogP contribution is 2.22. The summed E-state index contributed by atoms with van der Waals surface area (Å²) in [6, 6.07) is 3.71. The molecular formula is C15H25NO3. The van der Waals surface area contributed by atoms with Gasteiger partial charge in [0.1, 0.15) is 12.4 Å². The van der Waals surface area contributed by atoms with E-state index in [1.54, 1.807) is 6.26 Å². The van der Waals surface area contributed by atoms with Crippen molar-refractivity contribution in [2.45, 2.75) is 33.0 Å². The monoisotopic (exact) mass is 267 g/mol. The van der Waals surface area contributed by atoms with Gasteiger partial charge in [-0.3, -0.25) is 0 Å². The van der Waals surface area contributed by atoms with E-state index in [4.69, 9.17) is 9.15 Å². The van der Waals surface area contributed by atoms with Gasteiger partial charge in [-0.05, 0) is 36.9 Å². The van der Waals surface area contributed by atoms with Crippen LogP contribution in [-0.4, -0.2) is 42.4 Å². The van der Waals surface area contributed by atoms with Gasteiger partial charge in [-0.25, -0.2) is 0 Å². The van der Waals surface area contributed by atoms with Gasteiger partial charge in [-0.2, -0.15) is 0 Å². The molecule has 0 amide bonds. The molecule has 3 unspecified atom stereocenters. The van der Waals surface area contributed by atoms with Crippen molar-refractivity contribution in [3.63, 3.8) is 0 Å². The van der Waals surface area contributed by atoms with Gasteiger partial charge in [-0.1, -0.05) is 13.8 Å². The molecule has 1 fully saturated rings. The predicted octanol–water partition coefficient (Wildman–Crippen LogP) is 2.13. The lowest BCUT2D eigenvalue weighted by Crippen LogP contribution is -2.43. The van der Waals surface area contributed by atoms with Crippen molar-refractivity contribution in [2.75, 3.05) is 26.2 Å². The zero-order valence-electron chi connectivity index (χ0n) is 11.9. The van der Waals surface area contributed by atoms with Crippen molar-refractivity contribution < 1.29 is 14.3 Å². The maximum atomic E-state index is 9.98. The number of β-amino-alcohol motifs (C(OH)–C–C–N with tert-alkyl or cyclic N) is 1. The molecule has 1 aromatic heterocycles. The Balaban J connectivity index is 1.62. The largest absolute Gasteiger partial charge is 0.467 e. The van der Waals surface area contributed by atoms with Crippen LogP contribution in [0.4, 0.5) is 0 Å². The summed E-state index contributed by atoms with van der Waals surface area (Å²) in [7, 11) is 0. The van der Waals surface area contributed by atoms with Crippen molar-refractivity contribution >= 4 is 0 Å². The van der Waals surface area contributed by atoms with Gasteiger partial charge >= 0.3 is 0 Å². The molecule has 19 heavy (non-hydrogen) atoms. The number of rotatable bonds is 6. The summed E-state index contributed by atoms with van der Waals surface area (Å²) < 4.78 is 10.6. The Kier molecular flexibility index (Phi) is 5.43. The molecule has 2 heterocycles. The number of nitrogens with zero attached hydrogens (tertiary/aromatic N) is 1. The van der Waals surface area contributed by atoms with E-state index < -0.39 is 6.10 Å². The normalized spacial score (nSPS) is 26.5. The van der Waals surface area contributed by atoms with Crippen LogP contribution in [0.5, 0.6) is 0 Å². The minimum absolute atomic E-state index is 0.362. The molecule has 1 aliphatic rings. The zero-order chi connectivity index (χ0) is 13.7. The Hall–Kier alpha value is -0.840. The average Bonchev–Trinajstić information content (AvgIpc) is 2.87. The van der Waals surface area contributed by atoms with Gasteiger partial charge < -0.3 is 19.2 Å². The van der Waals surface area contributed by atoms with E-state index in [0.717, 1.165) is 24.8 Å². The van der Waals surface area contributed by atoms with Gasteiger partial charge in [0.2, 0.25) is 0 Å². The molecule has 1 aliphatic heterocycles. The number of likely N-dealkylation sites (tertiary alicyclic amines) is 1. The molecule has 2 rings (SSSR count). The molecule has 0 saturated carbocycles. The van der Waals surface area contributed by atoms with Crippen LogP contribution in [0.3, 0.4) is 0 Å². The minimum atomic E-state index is -0.421. The average molecular weight is 267 g/mol. The lowest BCUT2D eigenvalue weighted by molar-refractivity contribution is -0.00420.